The maximum atomic E-state index is 9.05. The highest BCUT2D eigenvalue weighted by Crippen LogP contribution is 2.14. The van der Waals surface area contributed by atoms with Crippen LogP contribution in [0.15, 0.2) is 0 Å². The van der Waals surface area contributed by atoms with Gasteiger partial charge < -0.3 is 25.7 Å². The summed E-state index contributed by atoms with van der Waals surface area (Å²) in [4.78, 5) is 0. The molecule has 0 aromatic rings. The Morgan fingerprint density at radius 1 is 1.23 bits per heavy atom. The zero-order valence-corrected chi connectivity index (χ0v) is 7.86. The molecule has 6 nitrogen and oxygen atoms in total. The first-order chi connectivity index (χ1) is 5.67. The van der Waals surface area contributed by atoms with Gasteiger partial charge in [0.15, 0.2) is 0 Å². The first-order valence-electron chi connectivity index (χ1n) is 4.08. The van der Waals surface area contributed by atoms with Crippen molar-refractivity contribution in [2.24, 2.45) is 5.73 Å². The van der Waals surface area contributed by atoms with Gasteiger partial charge in [0, 0.05) is 19.0 Å². The van der Waals surface area contributed by atoms with Crippen molar-refractivity contribution in [2.75, 3.05) is 6.54 Å². The largest absolute Gasteiger partial charge is 0.360 e. The Labute approximate surface area is 77.0 Å². The molecule has 0 atom stereocenters. The summed E-state index contributed by atoms with van der Waals surface area (Å²) in [6, 6.07) is 0.181. The second-order valence-electron chi connectivity index (χ2n) is 3.40. The van der Waals surface area contributed by atoms with Crippen LogP contribution in [-0.2, 0) is 0 Å². The predicted octanol–water partition coefficient (Wildman–Crippen LogP) is -2.35. The molecule has 0 spiro atoms. The number of nitrogens with two attached hydrogens (primary N) is 1. The highest BCUT2D eigenvalue weighted by Gasteiger charge is 2.43. The van der Waals surface area contributed by atoms with Gasteiger partial charge in [0.25, 0.3) is 5.91 Å². The molecule has 0 rings (SSSR count). The van der Waals surface area contributed by atoms with Crippen molar-refractivity contribution in [3.05, 3.63) is 0 Å². The fraction of sp³-hybridized carbons (Fsp3) is 1.00. The van der Waals surface area contributed by atoms with Gasteiger partial charge >= 0.3 is 0 Å². The molecule has 0 bridgehead atoms. The minimum Gasteiger partial charge on any atom is -0.360 e. The van der Waals surface area contributed by atoms with Crippen LogP contribution in [0.4, 0.5) is 0 Å². The lowest BCUT2D eigenvalue weighted by Gasteiger charge is -2.31. The molecule has 0 saturated carbocycles. The SMILES string of the molecule is CC(C)NCCC(O)(O)C(N)(O)O. The Morgan fingerprint density at radius 3 is 2.00 bits per heavy atom. The monoisotopic (exact) mass is 194 g/mol. The second kappa shape index (κ2) is 4.32. The molecule has 7 N–H and O–H groups in total. The first kappa shape index (κ1) is 12.8. The number of rotatable bonds is 5. The number of hydrogen-bond donors (Lipinski definition) is 6. The topological polar surface area (TPSA) is 119 Å². The van der Waals surface area contributed by atoms with E-state index in [1.54, 1.807) is 0 Å². The minimum atomic E-state index is -2.99. The third-order valence-corrected chi connectivity index (χ3v) is 1.62. The molecule has 0 aromatic carbocycles. The molecule has 0 heterocycles. The van der Waals surface area contributed by atoms with E-state index in [4.69, 9.17) is 26.2 Å². The highest BCUT2D eigenvalue weighted by atomic mass is 16.6. The van der Waals surface area contributed by atoms with Crippen LogP contribution >= 0.6 is 0 Å². The Morgan fingerprint density at radius 2 is 1.69 bits per heavy atom. The average molecular weight is 194 g/mol. The Bertz CT molecular complexity index is 153. The maximum Gasteiger partial charge on any atom is 0.276 e. The molecule has 0 saturated heterocycles. The van der Waals surface area contributed by atoms with Crippen LogP contribution < -0.4 is 11.1 Å². The van der Waals surface area contributed by atoms with Crippen LogP contribution in [0.3, 0.4) is 0 Å². The van der Waals surface area contributed by atoms with Crippen molar-refractivity contribution >= 4 is 0 Å². The normalized spacial score (nSPS) is 13.8. The summed E-state index contributed by atoms with van der Waals surface area (Å²) in [5, 5.41) is 38.4. The van der Waals surface area contributed by atoms with Crippen molar-refractivity contribution in [1.29, 1.82) is 0 Å². The van der Waals surface area contributed by atoms with Crippen LogP contribution in [0.2, 0.25) is 0 Å². The van der Waals surface area contributed by atoms with E-state index in [0.29, 0.717) is 0 Å². The lowest BCUT2D eigenvalue weighted by molar-refractivity contribution is -0.355. The number of hydrogen-bond acceptors (Lipinski definition) is 6. The first-order valence-corrected chi connectivity index (χ1v) is 4.08. The summed E-state index contributed by atoms with van der Waals surface area (Å²) in [6.45, 7) is 3.98. The third-order valence-electron chi connectivity index (χ3n) is 1.62. The zero-order chi connectivity index (χ0) is 10.7. The summed E-state index contributed by atoms with van der Waals surface area (Å²) in [7, 11) is 0. The summed E-state index contributed by atoms with van der Waals surface area (Å²) < 4.78 is 0. The summed E-state index contributed by atoms with van der Waals surface area (Å²) in [6.07, 6.45) is -0.269. The van der Waals surface area contributed by atoms with Gasteiger partial charge in [0.1, 0.15) is 0 Å². The maximum absolute atomic E-state index is 9.05. The van der Waals surface area contributed by atoms with Gasteiger partial charge in [0.05, 0.1) is 0 Å². The highest BCUT2D eigenvalue weighted by molar-refractivity contribution is 4.77. The molecule has 0 aliphatic heterocycles. The Hall–Kier alpha value is -0.240. The molecular weight excluding hydrogens is 176 g/mol. The van der Waals surface area contributed by atoms with Gasteiger partial charge in [0.2, 0.25) is 5.79 Å². The molecule has 0 fully saturated rings. The molecule has 0 aliphatic carbocycles. The quantitative estimate of drug-likeness (QED) is 0.273. The van der Waals surface area contributed by atoms with E-state index in [1.165, 1.54) is 0 Å². The lowest BCUT2D eigenvalue weighted by atomic mass is 10.1. The molecule has 0 aromatic heterocycles. The molecule has 0 unspecified atom stereocenters. The van der Waals surface area contributed by atoms with E-state index < -0.39 is 11.7 Å². The van der Waals surface area contributed by atoms with Crippen molar-refractivity contribution in [3.63, 3.8) is 0 Å². The average Bonchev–Trinajstić information content (AvgIpc) is 1.82. The van der Waals surface area contributed by atoms with Crippen molar-refractivity contribution in [2.45, 2.75) is 38.0 Å². The molecule has 0 radical (unpaired) electrons. The number of aliphatic hydroxyl groups is 4. The van der Waals surface area contributed by atoms with E-state index >= 15 is 0 Å². The second-order valence-corrected chi connectivity index (χ2v) is 3.40. The van der Waals surface area contributed by atoms with Crippen LogP contribution in [-0.4, -0.2) is 44.7 Å². The van der Waals surface area contributed by atoms with Gasteiger partial charge in [-0.2, -0.15) is 0 Å². The lowest BCUT2D eigenvalue weighted by Crippen LogP contribution is -2.61. The Kier molecular flexibility index (Phi) is 4.24. The van der Waals surface area contributed by atoms with E-state index in [0.717, 1.165) is 0 Å². The molecule has 0 amide bonds. The number of nitrogens with one attached hydrogen (secondary N) is 1. The fourth-order valence-corrected chi connectivity index (χ4v) is 0.719. The van der Waals surface area contributed by atoms with Gasteiger partial charge in [-0.1, -0.05) is 13.8 Å². The van der Waals surface area contributed by atoms with Crippen molar-refractivity contribution < 1.29 is 20.4 Å². The molecule has 0 aliphatic rings. The van der Waals surface area contributed by atoms with Crippen LogP contribution in [0, 0.1) is 0 Å². The van der Waals surface area contributed by atoms with Gasteiger partial charge in [-0.15, -0.1) is 0 Å². The van der Waals surface area contributed by atoms with E-state index in [9.17, 15) is 0 Å². The van der Waals surface area contributed by atoms with E-state index in [2.05, 4.69) is 5.32 Å². The van der Waals surface area contributed by atoms with Gasteiger partial charge in [-0.3, -0.25) is 5.73 Å². The van der Waals surface area contributed by atoms with Crippen molar-refractivity contribution in [3.8, 4) is 0 Å². The zero-order valence-electron chi connectivity index (χ0n) is 7.86. The van der Waals surface area contributed by atoms with E-state index in [1.807, 2.05) is 13.8 Å². The van der Waals surface area contributed by atoms with Gasteiger partial charge in [-0.05, 0) is 0 Å². The minimum absolute atomic E-state index is 0.181. The standard InChI is InChI=1S/C7H18N2O4/c1-5(2)9-4-3-6(10,11)7(8,12)13/h5,9-13H,3-4,8H2,1-2H3. The van der Waals surface area contributed by atoms with Crippen molar-refractivity contribution in [1.82, 2.24) is 5.32 Å². The summed E-state index contributed by atoms with van der Waals surface area (Å²) >= 11 is 0. The van der Waals surface area contributed by atoms with Crippen LogP contribution in [0.5, 0.6) is 0 Å². The Balaban J connectivity index is 3.90. The molecular formula is C7H18N2O4. The smallest absolute Gasteiger partial charge is 0.276 e. The molecule has 80 valence electrons. The predicted molar refractivity (Wildman–Crippen MR) is 46.3 cm³/mol. The third kappa shape index (κ3) is 4.51. The van der Waals surface area contributed by atoms with E-state index in [-0.39, 0.29) is 19.0 Å². The summed E-state index contributed by atoms with van der Waals surface area (Å²) in [5.74, 6) is -5.69. The van der Waals surface area contributed by atoms with Crippen LogP contribution in [0.25, 0.3) is 0 Å². The van der Waals surface area contributed by atoms with Crippen LogP contribution in [0.1, 0.15) is 20.3 Å². The van der Waals surface area contributed by atoms with Gasteiger partial charge in [-0.25, -0.2) is 0 Å². The fourth-order valence-electron chi connectivity index (χ4n) is 0.719. The summed E-state index contributed by atoms with van der Waals surface area (Å²) in [5.41, 5.74) is 4.71. The molecule has 13 heavy (non-hydrogen) atoms. The molecule has 6 heteroatoms.